The Labute approximate surface area is 118 Å². The molecule has 1 aliphatic heterocycles. The number of thioether (sulfide) groups is 1. The van der Waals surface area contributed by atoms with E-state index in [-0.39, 0.29) is 5.91 Å². The van der Waals surface area contributed by atoms with Crippen molar-refractivity contribution in [3.8, 4) is 0 Å². The molecule has 0 aliphatic carbocycles. The minimum absolute atomic E-state index is 0.297. The van der Waals surface area contributed by atoms with Crippen LogP contribution in [-0.4, -0.2) is 42.2 Å². The van der Waals surface area contributed by atoms with Gasteiger partial charge in [0.05, 0.1) is 0 Å². The molecule has 1 fully saturated rings. The lowest BCUT2D eigenvalue weighted by atomic mass is 10.0. The van der Waals surface area contributed by atoms with Crippen molar-refractivity contribution in [2.75, 3.05) is 35.8 Å². The summed E-state index contributed by atoms with van der Waals surface area (Å²) >= 11 is 1.61. The first kappa shape index (κ1) is 14.2. The molecule has 0 bridgehead atoms. The Kier molecular flexibility index (Phi) is 4.06. The highest BCUT2D eigenvalue weighted by atomic mass is 32.2. The molecule has 1 atom stereocenters. The normalized spacial score (nSPS) is 22.3. The van der Waals surface area contributed by atoms with Gasteiger partial charge in [-0.1, -0.05) is 0 Å². The molecule has 19 heavy (non-hydrogen) atoms. The van der Waals surface area contributed by atoms with Gasteiger partial charge in [-0.25, -0.2) is 0 Å². The summed E-state index contributed by atoms with van der Waals surface area (Å²) in [5.41, 5.74) is 1.74. The van der Waals surface area contributed by atoms with Crippen molar-refractivity contribution >= 4 is 29.0 Å². The number of nitrogens with one attached hydrogen (secondary N) is 1. The SMILES string of the molecule is Cc1cc(NC(=O)C2(O)CCSC2)ccc1N(C)C. The average Bonchev–Trinajstić information content (AvgIpc) is 2.77. The number of amides is 1. The lowest BCUT2D eigenvalue weighted by Crippen LogP contribution is -2.42. The Morgan fingerprint density at radius 3 is 2.74 bits per heavy atom. The molecule has 2 N–H and O–H groups in total. The predicted octanol–water partition coefficient (Wildman–Crippen LogP) is 1.87. The van der Waals surface area contributed by atoms with E-state index in [9.17, 15) is 9.90 Å². The van der Waals surface area contributed by atoms with Gasteiger partial charge in [0, 0.05) is 31.2 Å². The van der Waals surface area contributed by atoms with Crippen molar-refractivity contribution in [1.29, 1.82) is 0 Å². The maximum Gasteiger partial charge on any atom is 0.257 e. The molecular weight excluding hydrogens is 260 g/mol. The van der Waals surface area contributed by atoms with Gasteiger partial charge in [-0.2, -0.15) is 11.8 Å². The van der Waals surface area contributed by atoms with Crippen LogP contribution < -0.4 is 10.2 Å². The monoisotopic (exact) mass is 280 g/mol. The largest absolute Gasteiger partial charge is 0.379 e. The van der Waals surface area contributed by atoms with Crippen molar-refractivity contribution in [3.05, 3.63) is 23.8 Å². The van der Waals surface area contributed by atoms with Gasteiger partial charge in [0.15, 0.2) is 5.60 Å². The average molecular weight is 280 g/mol. The summed E-state index contributed by atoms with van der Waals surface area (Å²) in [5.74, 6) is 1.02. The number of benzene rings is 1. The van der Waals surface area contributed by atoms with Gasteiger partial charge in [0.1, 0.15) is 0 Å². The molecule has 1 unspecified atom stereocenters. The second-order valence-electron chi connectivity index (χ2n) is 5.18. The van der Waals surface area contributed by atoms with Gasteiger partial charge in [-0.15, -0.1) is 0 Å². The van der Waals surface area contributed by atoms with Crippen molar-refractivity contribution in [2.24, 2.45) is 0 Å². The zero-order chi connectivity index (χ0) is 14.0. The van der Waals surface area contributed by atoms with E-state index in [1.165, 1.54) is 0 Å². The fraction of sp³-hybridized carbons (Fsp3) is 0.500. The third-order valence-electron chi connectivity index (χ3n) is 3.36. The van der Waals surface area contributed by atoms with E-state index in [0.717, 1.165) is 22.7 Å². The van der Waals surface area contributed by atoms with Crippen LogP contribution >= 0.6 is 11.8 Å². The zero-order valence-electron chi connectivity index (χ0n) is 11.6. The van der Waals surface area contributed by atoms with E-state index >= 15 is 0 Å². The lowest BCUT2D eigenvalue weighted by Gasteiger charge is -2.21. The maximum absolute atomic E-state index is 12.1. The minimum atomic E-state index is -1.21. The summed E-state index contributed by atoms with van der Waals surface area (Å²) in [4.78, 5) is 14.1. The molecule has 1 amide bonds. The summed E-state index contributed by atoms with van der Waals surface area (Å²) < 4.78 is 0. The van der Waals surface area contributed by atoms with E-state index in [1.807, 2.05) is 44.1 Å². The first-order chi connectivity index (χ1) is 8.92. The van der Waals surface area contributed by atoms with Gasteiger partial charge in [-0.3, -0.25) is 4.79 Å². The van der Waals surface area contributed by atoms with Crippen molar-refractivity contribution in [2.45, 2.75) is 18.9 Å². The number of nitrogens with zero attached hydrogens (tertiary/aromatic N) is 1. The van der Waals surface area contributed by atoms with Gasteiger partial charge in [0.2, 0.25) is 0 Å². The molecular formula is C14H20N2O2S. The number of aliphatic hydroxyl groups is 1. The molecule has 1 aromatic carbocycles. The molecule has 0 radical (unpaired) electrons. The van der Waals surface area contributed by atoms with Crippen LogP contribution in [-0.2, 0) is 4.79 Å². The quantitative estimate of drug-likeness (QED) is 0.887. The van der Waals surface area contributed by atoms with Gasteiger partial charge < -0.3 is 15.3 Å². The molecule has 5 heteroatoms. The fourth-order valence-corrected chi connectivity index (χ4v) is 3.46. The number of carbonyl (C=O) groups excluding carboxylic acids is 1. The fourth-order valence-electron chi connectivity index (χ4n) is 2.22. The van der Waals surface area contributed by atoms with E-state index in [2.05, 4.69) is 5.32 Å². The summed E-state index contributed by atoms with van der Waals surface area (Å²) in [6, 6.07) is 5.77. The van der Waals surface area contributed by atoms with Crippen LogP contribution in [0.2, 0.25) is 0 Å². The first-order valence-corrected chi connectivity index (χ1v) is 7.47. The van der Waals surface area contributed by atoms with Crippen LogP contribution in [0.1, 0.15) is 12.0 Å². The summed E-state index contributed by atoms with van der Waals surface area (Å²) in [6.07, 6.45) is 0.526. The number of rotatable bonds is 3. The van der Waals surface area contributed by atoms with Crippen LogP contribution in [0, 0.1) is 6.92 Å². The molecule has 0 saturated carbocycles. The minimum Gasteiger partial charge on any atom is -0.379 e. The maximum atomic E-state index is 12.1. The molecule has 2 rings (SSSR count). The smallest absolute Gasteiger partial charge is 0.257 e. The molecule has 0 aromatic heterocycles. The molecule has 104 valence electrons. The number of hydrogen-bond acceptors (Lipinski definition) is 4. The Bertz CT molecular complexity index is 482. The molecule has 1 aliphatic rings. The summed E-state index contributed by atoms with van der Waals surface area (Å²) in [5, 5.41) is 13.0. The number of anilines is 2. The van der Waals surface area contributed by atoms with E-state index in [4.69, 9.17) is 0 Å². The Hall–Kier alpha value is -1.20. The van der Waals surface area contributed by atoms with E-state index in [0.29, 0.717) is 12.2 Å². The van der Waals surface area contributed by atoms with Crippen molar-refractivity contribution < 1.29 is 9.90 Å². The highest BCUT2D eigenvalue weighted by Gasteiger charge is 2.39. The molecule has 1 aromatic rings. The standard InChI is InChI=1S/C14H20N2O2S/c1-10-8-11(4-5-12(10)16(2)3)15-13(17)14(18)6-7-19-9-14/h4-5,8,18H,6-7,9H2,1-3H3,(H,15,17). The van der Waals surface area contributed by atoms with Gasteiger partial charge in [0.25, 0.3) is 5.91 Å². The number of carbonyl (C=O) groups is 1. The number of hydrogen-bond donors (Lipinski definition) is 2. The molecule has 0 spiro atoms. The molecule has 4 nitrogen and oxygen atoms in total. The van der Waals surface area contributed by atoms with E-state index in [1.54, 1.807) is 11.8 Å². The first-order valence-electron chi connectivity index (χ1n) is 6.32. The van der Waals surface area contributed by atoms with Crippen LogP contribution in [0.15, 0.2) is 18.2 Å². The van der Waals surface area contributed by atoms with Crippen LogP contribution in [0.25, 0.3) is 0 Å². The van der Waals surface area contributed by atoms with Crippen molar-refractivity contribution in [1.82, 2.24) is 0 Å². The Morgan fingerprint density at radius 2 is 2.21 bits per heavy atom. The zero-order valence-corrected chi connectivity index (χ0v) is 12.4. The van der Waals surface area contributed by atoms with Crippen LogP contribution in [0.4, 0.5) is 11.4 Å². The lowest BCUT2D eigenvalue weighted by molar-refractivity contribution is -0.131. The van der Waals surface area contributed by atoms with Crippen molar-refractivity contribution in [3.63, 3.8) is 0 Å². The van der Waals surface area contributed by atoms with E-state index < -0.39 is 5.60 Å². The second-order valence-corrected chi connectivity index (χ2v) is 6.29. The summed E-state index contributed by atoms with van der Waals surface area (Å²) in [7, 11) is 3.97. The Morgan fingerprint density at radius 1 is 1.47 bits per heavy atom. The molecule has 1 saturated heterocycles. The van der Waals surface area contributed by atoms with Gasteiger partial charge >= 0.3 is 0 Å². The number of aryl methyl sites for hydroxylation is 1. The second kappa shape index (κ2) is 5.43. The predicted molar refractivity (Wildman–Crippen MR) is 81.0 cm³/mol. The van der Waals surface area contributed by atoms with Crippen LogP contribution in [0.5, 0.6) is 0 Å². The molecule has 1 heterocycles. The Balaban J connectivity index is 2.11. The highest BCUT2D eigenvalue weighted by Crippen LogP contribution is 2.29. The third kappa shape index (κ3) is 3.04. The third-order valence-corrected chi connectivity index (χ3v) is 4.53. The topological polar surface area (TPSA) is 52.6 Å². The highest BCUT2D eigenvalue weighted by molar-refractivity contribution is 7.99. The van der Waals surface area contributed by atoms with Crippen LogP contribution in [0.3, 0.4) is 0 Å². The summed E-state index contributed by atoms with van der Waals surface area (Å²) in [6.45, 7) is 2.01. The van der Waals surface area contributed by atoms with Gasteiger partial charge in [-0.05, 0) is 42.9 Å².